The first kappa shape index (κ1) is 15.6. The summed E-state index contributed by atoms with van der Waals surface area (Å²) in [5, 5.41) is 9.44. The second-order valence-corrected chi connectivity index (χ2v) is 6.03. The summed E-state index contributed by atoms with van der Waals surface area (Å²) >= 11 is 1.59. The van der Waals surface area contributed by atoms with Crippen molar-refractivity contribution in [3.8, 4) is 11.4 Å². The Bertz CT molecular complexity index is 781. The molecule has 1 heterocycles. The number of anilines is 1. The first-order valence-electron chi connectivity index (χ1n) is 7.33. The van der Waals surface area contributed by atoms with Crippen molar-refractivity contribution in [2.24, 2.45) is 0 Å². The Labute approximate surface area is 138 Å². The molecular formula is C17H17FN4S. The first-order valence-corrected chi connectivity index (χ1v) is 8.32. The van der Waals surface area contributed by atoms with Gasteiger partial charge in [-0.15, -0.1) is 10.2 Å². The number of benzene rings is 2. The predicted molar refractivity (Wildman–Crippen MR) is 91.5 cm³/mol. The van der Waals surface area contributed by atoms with Crippen molar-refractivity contribution < 1.29 is 4.39 Å². The van der Waals surface area contributed by atoms with Crippen LogP contribution in [-0.2, 0) is 12.3 Å². The third kappa shape index (κ3) is 3.53. The quantitative estimate of drug-likeness (QED) is 0.568. The molecule has 1 aromatic heterocycles. The van der Waals surface area contributed by atoms with Crippen molar-refractivity contribution >= 4 is 17.4 Å². The zero-order chi connectivity index (χ0) is 16.2. The lowest BCUT2D eigenvalue weighted by molar-refractivity contribution is 0.627. The topological polar surface area (TPSA) is 56.7 Å². The SMILES string of the molecule is CCn1c(SCc2ccc(F)cc2)nnc1-c1ccc(N)cc1. The van der Waals surface area contributed by atoms with Crippen LogP contribution in [0.4, 0.5) is 10.1 Å². The number of nitrogens with two attached hydrogens (primary N) is 1. The van der Waals surface area contributed by atoms with Crippen LogP contribution >= 0.6 is 11.8 Å². The fraction of sp³-hybridized carbons (Fsp3) is 0.176. The summed E-state index contributed by atoms with van der Waals surface area (Å²) in [6, 6.07) is 14.1. The minimum Gasteiger partial charge on any atom is -0.399 e. The number of hydrogen-bond donors (Lipinski definition) is 1. The van der Waals surface area contributed by atoms with Gasteiger partial charge in [0.1, 0.15) is 5.82 Å². The second kappa shape index (κ2) is 6.83. The van der Waals surface area contributed by atoms with Crippen LogP contribution in [0.2, 0.25) is 0 Å². The molecule has 0 saturated carbocycles. The summed E-state index contributed by atoms with van der Waals surface area (Å²) in [6.45, 7) is 2.84. The average molecular weight is 328 g/mol. The van der Waals surface area contributed by atoms with Gasteiger partial charge in [-0.3, -0.25) is 0 Å². The monoisotopic (exact) mass is 328 g/mol. The molecule has 23 heavy (non-hydrogen) atoms. The van der Waals surface area contributed by atoms with Gasteiger partial charge >= 0.3 is 0 Å². The number of nitrogen functional groups attached to an aromatic ring is 1. The van der Waals surface area contributed by atoms with E-state index < -0.39 is 0 Å². The van der Waals surface area contributed by atoms with Gasteiger partial charge in [-0.05, 0) is 48.9 Å². The molecule has 2 aromatic carbocycles. The van der Waals surface area contributed by atoms with Gasteiger partial charge in [0.2, 0.25) is 0 Å². The molecule has 0 saturated heterocycles. The first-order chi connectivity index (χ1) is 11.2. The zero-order valence-electron chi connectivity index (χ0n) is 12.7. The van der Waals surface area contributed by atoms with Crippen LogP contribution in [0.5, 0.6) is 0 Å². The Morgan fingerprint density at radius 3 is 2.39 bits per heavy atom. The molecule has 0 aliphatic carbocycles. The molecule has 0 aliphatic rings. The predicted octanol–water partition coefficient (Wildman–Crippen LogP) is 3.98. The standard InChI is InChI=1S/C17H17FN4S/c1-2-22-16(13-5-9-15(19)10-6-13)20-21-17(22)23-11-12-3-7-14(18)8-4-12/h3-10H,2,11,19H2,1H3. The molecule has 118 valence electrons. The highest BCUT2D eigenvalue weighted by Gasteiger charge is 2.13. The maximum Gasteiger partial charge on any atom is 0.191 e. The smallest absolute Gasteiger partial charge is 0.191 e. The lowest BCUT2D eigenvalue weighted by Gasteiger charge is -2.07. The van der Waals surface area contributed by atoms with Crippen LogP contribution in [0.1, 0.15) is 12.5 Å². The number of halogens is 1. The maximum absolute atomic E-state index is 12.9. The number of nitrogens with zero attached hydrogens (tertiary/aromatic N) is 3. The van der Waals surface area contributed by atoms with E-state index in [2.05, 4.69) is 21.7 Å². The van der Waals surface area contributed by atoms with E-state index >= 15 is 0 Å². The van der Waals surface area contributed by atoms with Gasteiger partial charge in [0.25, 0.3) is 0 Å². The van der Waals surface area contributed by atoms with E-state index in [-0.39, 0.29) is 5.82 Å². The number of thioether (sulfide) groups is 1. The van der Waals surface area contributed by atoms with Crippen molar-refractivity contribution in [2.75, 3.05) is 5.73 Å². The Morgan fingerprint density at radius 2 is 1.74 bits per heavy atom. The summed E-state index contributed by atoms with van der Waals surface area (Å²) in [5.74, 6) is 1.33. The lowest BCUT2D eigenvalue weighted by atomic mass is 10.2. The Hall–Kier alpha value is -2.34. The largest absolute Gasteiger partial charge is 0.399 e. The van der Waals surface area contributed by atoms with Crippen LogP contribution in [0.15, 0.2) is 53.7 Å². The van der Waals surface area contributed by atoms with E-state index in [0.717, 1.165) is 40.1 Å². The van der Waals surface area contributed by atoms with Crippen molar-refractivity contribution in [1.29, 1.82) is 0 Å². The minimum absolute atomic E-state index is 0.221. The number of hydrogen-bond acceptors (Lipinski definition) is 4. The highest BCUT2D eigenvalue weighted by molar-refractivity contribution is 7.98. The van der Waals surface area contributed by atoms with Crippen molar-refractivity contribution in [3.63, 3.8) is 0 Å². The summed E-state index contributed by atoms with van der Waals surface area (Å²) < 4.78 is 15.0. The molecule has 6 heteroatoms. The minimum atomic E-state index is -0.221. The molecule has 3 aromatic rings. The van der Waals surface area contributed by atoms with Gasteiger partial charge in [0.05, 0.1) is 0 Å². The average Bonchev–Trinajstić information content (AvgIpc) is 2.98. The van der Waals surface area contributed by atoms with E-state index in [1.165, 1.54) is 12.1 Å². The fourth-order valence-electron chi connectivity index (χ4n) is 2.25. The van der Waals surface area contributed by atoms with E-state index in [1.54, 1.807) is 23.9 Å². The van der Waals surface area contributed by atoms with Gasteiger partial charge in [-0.1, -0.05) is 23.9 Å². The number of aromatic nitrogens is 3. The summed E-state index contributed by atoms with van der Waals surface area (Å²) in [7, 11) is 0. The zero-order valence-corrected chi connectivity index (χ0v) is 13.6. The fourth-order valence-corrected chi connectivity index (χ4v) is 3.21. The molecule has 0 atom stereocenters. The van der Waals surface area contributed by atoms with Crippen LogP contribution in [-0.4, -0.2) is 14.8 Å². The Balaban J connectivity index is 1.80. The Kier molecular flexibility index (Phi) is 4.62. The van der Waals surface area contributed by atoms with Gasteiger partial charge in [-0.2, -0.15) is 0 Å². The second-order valence-electron chi connectivity index (χ2n) is 5.09. The van der Waals surface area contributed by atoms with Crippen LogP contribution in [0.3, 0.4) is 0 Å². The molecule has 3 rings (SSSR count). The van der Waals surface area contributed by atoms with E-state index in [4.69, 9.17) is 5.73 Å². The molecule has 0 unspecified atom stereocenters. The molecule has 0 bridgehead atoms. The van der Waals surface area contributed by atoms with Gasteiger partial charge in [-0.25, -0.2) is 4.39 Å². The highest BCUT2D eigenvalue weighted by Crippen LogP contribution is 2.26. The van der Waals surface area contributed by atoms with Gasteiger partial charge in [0.15, 0.2) is 11.0 Å². The molecule has 0 spiro atoms. The third-order valence-corrected chi connectivity index (χ3v) is 4.52. The molecular weight excluding hydrogens is 311 g/mol. The van der Waals surface area contributed by atoms with Gasteiger partial charge in [0, 0.05) is 23.5 Å². The van der Waals surface area contributed by atoms with Crippen LogP contribution in [0.25, 0.3) is 11.4 Å². The molecule has 4 nitrogen and oxygen atoms in total. The van der Waals surface area contributed by atoms with E-state index in [1.807, 2.05) is 24.3 Å². The normalized spacial score (nSPS) is 10.9. The van der Waals surface area contributed by atoms with Crippen LogP contribution < -0.4 is 5.73 Å². The van der Waals surface area contributed by atoms with Gasteiger partial charge < -0.3 is 10.3 Å². The number of rotatable bonds is 5. The van der Waals surface area contributed by atoms with E-state index in [9.17, 15) is 4.39 Å². The summed E-state index contributed by atoms with van der Waals surface area (Å²) in [5.41, 5.74) is 8.49. The molecule has 0 aliphatic heterocycles. The third-order valence-electron chi connectivity index (χ3n) is 3.48. The van der Waals surface area contributed by atoms with Crippen molar-refractivity contribution in [2.45, 2.75) is 24.4 Å². The molecule has 0 amide bonds. The Morgan fingerprint density at radius 1 is 1.04 bits per heavy atom. The lowest BCUT2D eigenvalue weighted by Crippen LogP contribution is -2.00. The highest BCUT2D eigenvalue weighted by atomic mass is 32.2. The summed E-state index contributed by atoms with van der Waals surface area (Å²) in [6.07, 6.45) is 0. The van der Waals surface area contributed by atoms with Crippen LogP contribution in [0, 0.1) is 5.82 Å². The molecule has 0 radical (unpaired) electrons. The maximum atomic E-state index is 12.9. The summed E-state index contributed by atoms with van der Waals surface area (Å²) in [4.78, 5) is 0. The molecule has 0 fully saturated rings. The molecule has 2 N–H and O–H groups in total. The van der Waals surface area contributed by atoms with Crippen molar-refractivity contribution in [1.82, 2.24) is 14.8 Å². The van der Waals surface area contributed by atoms with Crippen molar-refractivity contribution in [3.05, 3.63) is 59.9 Å². The van der Waals surface area contributed by atoms with E-state index in [0.29, 0.717) is 0 Å².